The van der Waals surface area contributed by atoms with Crippen molar-refractivity contribution in [1.82, 2.24) is 10.2 Å². The molecular weight excluding hydrogens is 274 g/mol. The standard InChI is InChI=1S/C18H29N3O/c1-2-7-16(8-3-1)15-20-18(21-12-4-5-13-21)19-11-10-17-9-6-14-22-17/h6,9,14,16H,1-5,7-8,10-13,15H2,(H,19,20). The lowest BCUT2D eigenvalue weighted by atomic mass is 9.89. The van der Waals surface area contributed by atoms with E-state index in [9.17, 15) is 0 Å². The molecule has 0 spiro atoms. The Morgan fingerprint density at radius 3 is 2.73 bits per heavy atom. The second-order valence-corrected chi connectivity index (χ2v) is 6.62. The molecule has 4 nitrogen and oxygen atoms in total. The molecule has 1 aromatic rings. The normalized spacial score (nSPS) is 20.5. The van der Waals surface area contributed by atoms with Gasteiger partial charge in [-0.15, -0.1) is 0 Å². The fourth-order valence-electron chi connectivity index (χ4n) is 3.53. The highest BCUT2D eigenvalue weighted by molar-refractivity contribution is 5.80. The smallest absolute Gasteiger partial charge is 0.193 e. The average molecular weight is 303 g/mol. The van der Waals surface area contributed by atoms with Crippen LogP contribution < -0.4 is 5.32 Å². The lowest BCUT2D eigenvalue weighted by molar-refractivity contribution is 0.364. The van der Waals surface area contributed by atoms with Crippen molar-refractivity contribution < 1.29 is 4.42 Å². The molecule has 0 radical (unpaired) electrons. The van der Waals surface area contributed by atoms with Gasteiger partial charge in [0.05, 0.1) is 6.26 Å². The minimum Gasteiger partial charge on any atom is -0.469 e. The summed E-state index contributed by atoms with van der Waals surface area (Å²) in [5.41, 5.74) is 0. The van der Waals surface area contributed by atoms with Gasteiger partial charge in [-0.1, -0.05) is 19.3 Å². The number of nitrogens with one attached hydrogen (secondary N) is 1. The SMILES string of the molecule is c1coc(CCNC(=NCC2CCCCC2)N2CCCC2)c1. The molecule has 4 heteroatoms. The van der Waals surface area contributed by atoms with Crippen molar-refractivity contribution in [2.75, 3.05) is 26.2 Å². The molecular formula is C18H29N3O. The van der Waals surface area contributed by atoms with E-state index in [2.05, 4.69) is 10.2 Å². The van der Waals surface area contributed by atoms with Gasteiger partial charge in [0, 0.05) is 32.6 Å². The van der Waals surface area contributed by atoms with E-state index < -0.39 is 0 Å². The molecule has 0 atom stereocenters. The minimum absolute atomic E-state index is 0.804. The summed E-state index contributed by atoms with van der Waals surface area (Å²) in [6.45, 7) is 4.20. The van der Waals surface area contributed by atoms with Crippen LogP contribution in [-0.4, -0.2) is 37.0 Å². The molecule has 22 heavy (non-hydrogen) atoms. The molecule has 1 N–H and O–H groups in total. The van der Waals surface area contributed by atoms with E-state index in [-0.39, 0.29) is 0 Å². The first-order valence-electron chi connectivity index (χ1n) is 8.97. The van der Waals surface area contributed by atoms with Gasteiger partial charge in [0.15, 0.2) is 5.96 Å². The third-order valence-corrected chi connectivity index (χ3v) is 4.86. The van der Waals surface area contributed by atoms with Gasteiger partial charge in [0.1, 0.15) is 5.76 Å². The van der Waals surface area contributed by atoms with E-state index >= 15 is 0 Å². The molecule has 1 saturated heterocycles. The lowest BCUT2D eigenvalue weighted by Crippen LogP contribution is -2.41. The summed E-state index contributed by atoms with van der Waals surface area (Å²) in [6, 6.07) is 3.99. The summed E-state index contributed by atoms with van der Waals surface area (Å²) in [5.74, 6) is 2.97. The predicted octanol–water partition coefficient (Wildman–Crippen LogP) is 3.44. The predicted molar refractivity (Wildman–Crippen MR) is 90.1 cm³/mol. The van der Waals surface area contributed by atoms with E-state index in [1.54, 1.807) is 6.26 Å². The highest BCUT2D eigenvalue weighted by Crippen LogP contribution is 2.23. The van der Waals surface area contributed by atoms with Gasteiger partial charge in [-0.25, -0.2) is 0 Å². The highest BCUT2D eigenvalue weighted by atomic mass is 16.3. The Labute approximate surface area is 134 Å². The molecule has 1 aromatic heterocycles. The number of aliphatic imine (C=N–C) groups is 1. The third kappa shape index (κ3) is 4.52. The summed E-state index contributed by atoms with van der Waals surface area (Å²) in [7, 11) is 0. The zero-order valence-electron chi connectivity index (χ0n) is 13.6. The van der Waals surface area contributed by atoms with E-state index in [1.165, 1.54) is 44.9 Å². The Bertz CT molecular complexity index is 443. The molecule has 1 aliphatic carbocycles. The summed E-state index contributed by atoms with van der Waals surface area (Å²) in [6.07, 6.45) is 12.2. The van der Waals surface area contributed by atoms with Crippen LogP contribution >= 0.6 is 0 Å². The van der Waals surface area contributed by atoms with Crippen LogP contribution in [0.5, 0.6) is 0 Å². The number of hydrogen-bond acceptors (Lipinski definition) is 2. The molecule has 122 valence electrons. The van der Waals surface area contributed by atoms with Crippen molar-refractivity contribution in [3.63, 3.8) is 0 Å². The van der Waals surface area contributed by atoms with Gasteiger partial charge in [-0.3, -0.25) is 4.99 Å². The van der Waals surface area contributed by atoms with Gasteiger partial charge in [0.25, 0.3) is 0 Å². The van der Waals surface area contributed by atoms with Crippen LogP contribution in [-0.2, 0) is 6.42 Å². The Kier molecular flexibility index (Phi) is 5.79. The molecule has 0 amide bonds. The van der Waals surface area contributed by atoms with Crippen LogP contribution in [0.15, 0.2) is 27.8 Å². The van der Waals surface area contributed by atoms with Gasteiger partial charge in [0.2, 0.25) is 0 Å². The first-order chi connectivity index (χ1) is 10.9. The Morgan fingerprint density at radius 1 is 1.18 bits per heavy atom. The number of guanidine groups is 1. The minimum atomic E-state index is 0.804. The van der Waals surface area contributed by atoms with Crippen LogP contribution in [0.2, 0.25) is 0 Å². The first-order valence-corrected chi connectivity index (χ1v) is 8.97. The van der Waals surface area contributed by atoms with Gasteiger partial charge < -0.3 is 14.6 Å². The maximum atomic E-state index is 5.40. The van der Waals surface area contributed by atoms with Gasteiger partial charge in [-0.05, 0) is 43.7 Å². The summed E-state index contributed by atoms with van der Waals surface area (Å²) < 4.78 is 5.40. The topological polar surface area (TPSA) is 40.8 Å². The van der Waals surface area contributed by atoms with Crippen LogP contribution in [0.25, 0.3) is 0 Å². The van der Waals surface area contributed by atoms with Gasteiger partial charge in [-0.2, -0.15) is 0 Å². The zero-order valence-corrected chi connectivity index (χ0v) is 13.6. The number of nitrogens with zero attached hydrogens (tertiary/aromatic N) is 2. The number of rotatable bonds is 5. The highest BCUT2D eigenvalue weighted by Gasteiger charge is 2.18. The maximum absolute atomic E-state index is 5.40. The van der Waals surface area contributed by atoms with Crippen molar-refractivity contribution in [3.05, 3.63) is 24.2 Å². The Morgan fingerprint density at radius 2 is 2.00 bits per heavy atom. The Hall–Kier alpha value is -1.45. The molecule has 3 rings (SSSR count). The van der Waals surface area contributed by atoms with Crippen LogP contribution in [0.1, 0.15) is 50.7 Å². The molecule has 0 bridgehead atoms. The van der Waals surface area contributed by atoms with E-state index in [1.807, 2.05) is 12.1 Å². The quantitative estimate of drug-likeness (QED) is 0.669. The van der Waals surface area contributed by atoms with Crippen molar-refractivity contribution in [2.45, 2.75) is 51.4 Å². The zero-order chi connectivity index (χ0) is 15.0. The number of furan rings is 1. The van der Waals surface area contributed by atoms with E-state index in [0.717, 1.165) is 50.2 Å². The maximum Gasteiger partial charge on any atom is 0.193 e. The number of likely N-dealkylation sites (tertiary alicyclic amines) is 1. The van der Waals surface area contributed by atoms with Crippen LogP contribution in [0.4, 0.5) is 0 Å². The second-order valence-electron chi connectivity index (χ2n) is 6.62. The fourth-order valence-corrected chi connectivity index (χ4v) is 3.53. The molecule has 0 unspecified atom stereocenters. The lowest BCUT2D eigenvalue weighted by Gasteiger charge is -2.24. The molecule has 0 aromatic carbocycles. The van der Waals surface area contributed by atoms with Crippen molar-refractivity contribution in [1.29, 1.82) is 0 Å². The van der Waals surface area contributed by atoms with Gasteiger partial charge >= 0.3 is 0 Å². The van der Waals surface area contributed by atoms with Crippen molar-refractivity contribution in [2.24, 2.45) is 10.9 Å². The summed E-state index contributed by atoms with van der Waals surface area (Å²) in [5, 5.41) is 3.56. The second kappa shape index (κ2) is 8.25. The largest absolute Gasteiger partial charge is 0.469 e. The van der Waals surface area contributed by atoms with Crippen molar-refractivity contribution in [3.8, 4) is 0 Å². The summed E-state index contributed by atoms with van der Waals surface area (Å²) >= 11 is 0. The summed E-state index contributed by atoms with van der Waals surface area (Å²) in [4.78, 5) is 7.37. The Balaban J connectivity index is 1.51. The van der Waals surface area contributed by atoms with E-state index in [0.29, 0.717) is 0 Å². The first kappa shape index (κ1) is 15.4. The average Bonchev–Trinajstić information content (AvgIpc) is 3.25. The molecule has 2 aliphatic rings. The van der Waals surface area contributed by atoms with Crippen LogP contribution in [0, 0.1) is 5.92 Å². The monoisotopic (exact) mass is 303 g/mol. The van der Waals surface area contributed by atoms with Crippen molar-refractivity contribution >= 4 is 5.96 Å². The number of hydrogen-bond donors (Lipinski definition) is 1. The molecule has 1 saturated carbocycles. The third-order valence-electron chi connectivity index (χ3n) is 4.86. The molecule has 1 aliphatic heterocycles. The fraction of sp³-hybridized carbons (Fsp3) is 0.722. The van der Waals surface area contributed by atoms with E-state index in [4.69, 9.17) is 9.41 Å². The molecule has 2 fully saturated rings. The molecule has 2 heterocycles. The van der Waals surface area contributed by atoms with Crippen LogP contribution in [0.3, 0.4) is 0 Å².